The molecule has 0 saturated carbocycles. The lowest BCUT2D eigenvalue weighted by molar-refractivity contribution is 0.220. The van der Waals surface area contributed by atoms with E-state index < -0.39 is 10.0 Å². The highest BCUT2D eigenvalue weighted by Gasteiger charge is 2.28. The molecule has 134 valence electrons. The molecule has 5 heteroatoms. The smallest absolute Gasteiger partial charge is 0.268 e. The van der Waals surface area contributed by atoms with Crippen molar-refractivity contribution in [3.63, 3.8) is 0 Å². The maximum Gasteiger partial charge on any atom is 0.268 e. The normalized spacial score (nSPS) is 19.1. The number of hydrogen-bond acceptors (Lipinski definition) is 3. The Kier molecular flexibility index (Phi) is 4.21. The van der Waals surface area contributed by atoms with E-state index in [4.69, 9.17) is 0 Å². The van der Waals surface area contributed by atoms with Crippen molar-refractivity contribution in [2.75, 3.05) is 13.6 Å². The first-order valence-corrected chi connectivity index (χ1v) is 10.2. The van der Waals surface area contributed by atoms with E-state index in [0.29, 0.717) is 4.90 Å². The monoisotopic (exact) mass is 366 g/mol. The van der Waals surface area contributed by atoms with E-state index in [-0.39, 0.29) is 6.04 Å². The summed E-state index contributed by atoms with van der Waals surface area (Å²) in [7, 11) is -1.55. The molecule has 3 aromatic rings. The first-order chi connectivity index (χ1) is 12.5. The highest BCUT2D eigenvalue weighted by atomic mass is 32.2. The second-order valence-corrected chi connectivity index (χ2v) is 8.73. The Hall–Kier alpha value is -2.37. The summed E-state index contributed by atoms with van der Waals surface area (Å²) in [6, 6.07) is 16.5. The molecule has 1 aliphatic heterocycles. The molecular formula is C21H22N2O2S. The number of likely N-dealkylation sites (tertiary alicyclic amines) is 1. The standard InChI is InChI=1S/C21H22N2O2S/c1-16-12-13-22(2)21(14-16)19-15-23(20-11-7-6-10-18(19)20)26(24,25)17-8-4-3-5-9-17/h3-11,15,21H,1,12-14H2,2H3. The Morgan fingerprint density at radius 1 is 1.04 bits per heavy atom. The van der Waals surface area contributed by atoms with E-state index in [1.54, 1.807) is 30.5 Å². The lowest BCUT2D eigenvalue weighted by Crippen LogP contribution is -2.30. The van der Waals surface area contributed by atoms with Crippen LogP contribution in [0.4, 0.5) is 0 Å². The van der Waals surface area contributed by atoms with Crippen LogP contribution < -0.4 is 0 Å². The maximum absolute atomic E-state index is 13.2. The molecular weight excluding hydrogens is 344 g/mol. The summed E-state index contributed by atoms with van der Waals surface area (Å²) in [6.45, 7) is 5.09. The maximum atomic E-state index is 13.2. The number of benzene rings is 2. The van der Waals surface area contributed by atoms with E-state index in [9.17, 15) is 8.42 Å². The molecule has 1 fully saturated rings. The van der Waals surface area contributed by atoms with Crippen molar-refractivity contribution < 1.29 is 8.42 Å². The Labute approximate surface area is 154 Å². The number of piperidine rings is 1. The molecule has 0 radical (unpaired) electrons. The minimum atomic E-state index is -3.64. The molecule has 4 rings (SSSR count). The molecule has 2 heterocycles. The zero-order valence-corrected chi connectivity index (χ0v) is 15.6. The molecule has 0 spiro atoms. The fourth-order valence-electron chi connectivity index (χ4n) is 3.71. The van der Waals surface area contributed by atoms with Gasteiger partial charge in [0.05, 0.1) is 10.4 Å². The Balaban J connectivity index is 1.92. The van der Waals surface area contributed by atoms with E-state index in [0.717, 1.165) is 35.9 Å². The Morgan fingerprint density at radius 3 is 2.50 bits per heavy atom. The number of fused-ring (bicyclic) bond motifs is 1. The Bertz CT molecular complexity index is 1070. The lowest BCUT2D eigenvalue weighted by Gasteiger charge is -2.33. The van der Waals surface area contributed by atoms with E-state index in [2.05, 4.69) is 18.5 Å². The van der Waals surface area contributed by atoms with Crippen LogP contribution >= 0.6 is 0 Å². The number of rotatable bonds is 3. The van der Waals surface area contributed by atoms with E-state index in [1.807, 2.05) is 30.3 Å². The fraction of sp³-hybridized carbons (Fsp3) is 0.238. The summed E-state index contributed by atoms with van der Waals surface area (Å²) in [5.41, 5.74) is 2.98. The van der Waals surface area contributed by atoms with Crippen LogP contribution in [0.15, 0.2) is 77.8 Å². The highest BCUT2D eigenvalue weighted by Crippen LogP contribution is 2.37. The summed E-state index contributed by atoms with van der Waals surface area (Å²) in [5, 5.41) is 0.985. The third-order valence-corrected chi connectivity index (χ3v) is 6.89. The van der Waals surface area contributed by atoms with Gasteiger partial charge in [0, 0.05) is 24.2 Å². The van der Waals surface area contributed by atoms with Crippen molar-refractivity contribution in [1.29, 1.82) is 0 Å². The second-order valence-electron chi connectivity index (χ2n) is 6.92. The summed E-state index contributed by atoms with van der Waals surface area (Å²) in [4.78, 5) is 2.59. The van der Waals surface area contributed by atoms with E-state index in [1.165, 1.54) is 9.55 Å². The van der Waals surface area contributed by atoms with Gasteiger partial charge >= 0.3 is 0 Å². The van der Waals surface area contributed by atoms with Crippen LogP contribution in [0, 0.1) is 0 Å². The average molecular weight is 366 g/mol. The molecule has 0 aliphatic carbocycles. The van der Waals surface area contributed by atoms with Crippen LogP contribution in [0.1, 0.15) is 24.4 Å². The zero-order valence-electron chi connectivity index (χ0n) is 14.8. The van der Waals surface area contributed by atoms with Crippen molar-refractivity contribution in [3.8, 4) is 0 Å². The van der Waals surface area contributed by atoms with Gasteiger partial charge in [-0.1, -0.05) is 48.6 Å². The van der Waals surface area contributed by atoms with Gasteiger partial charge in [0.2, 0.25) is 0 Å². The largest absolute Gasteiger partial charge is 0.299 e. The van der Waals surface area contributed by atoms with Gasteiger partial charge in [-0.2, -0.15) is 0 Å². The number of nitrogens with zero attached hydrogens (tertiary/aromatic N) is 2. The summed E-state index contributed by atoms with van der Waals surface area (Å²) in [5.74, 6) is 0. The molecule has 1 aromatic heterocycles. The van der Waals surface area contributed by atoms with Crippen LogP contribution in [0.5, 0.6) is 0 Å². The zero-order chi connectivity index (χ0) is 18.3. The van der Waals surface area contributed by atoms with Gasteiger partial charge in [-0.3, -0.25) is 4.90 Å². The van der Waals surface area contributed by atoms with Crippen molar-refractivity contribution in [1.82, 2.24) is 8.87 Å². The first kappa shape index (κ1) is 17.1. The summed E-state index contributed by atoms with van der Waals surface area (Å²) in [6.07, 6.45) is 3.65. The third kappa shape index (κ3) is 2.77. The topological polar surface area (TPSA) is 42.3 Å². The van der Waals surface area contributed by atoms with Gasteiger partial charge < -0.3 is 0 Å². The predicted octanol–water partition coefficient (Wildman–Crippen LogP) is 4.20. The van der Waals surface area contributed by atoms with Gasteiger partial charge in [0.1, 0.15) is 0 Å². The molecule has 1 unspecified atom stereocenters. The van der Waals surface area contributed by atoms with Crippen LogP contribution in [-0.2, 0) is 10.0 Å². The second kappa shape index (κ2) is 6.41. The van der Waals surface area contributed by atoms with Crippen molar-refractivity contribution >= 4 is 20.9 Å². The molecule has 4 nitrogen and oxygen atoms in total. The molecule has 26 heavy (non-hydrogen) atoms. The minimum Gasteiger partial charge on any atom is -0.299 e. The van der Waals surface area contributed by atoms with E-state index >= 15 is 0 Å². The van der Waals surface area contributed by atoms with Crippen molar-refractivity contribution in [2.24, 2.45) is 0 Å². The summed E-state index contributed by atoms with van der Waals surface area (Å²) >= 11 is 0. The van der Waals surface area contributed by atoms with Gasteiger partial charge in [0.25, 0.3) is 10.0 Å². The van der Waals surface area contributed by atoms with Crippen molar-refractivity contribution in [2.45, 2.75) is 23.8 Å². The minimum absolute atomic E-state index is 0.147. The van der Waals surface area contributed by atoms with Crippen molar-refractivity contribution in [3.05, 3.63) is 78.5 Å². The molecule has 1 atom stereocenters. The summed E-state index contributed by atoms with van der Waals surface area (Å²) < 4.78 is 27.9. The number of para-hydroxylation sites is 1. The molecule has 0 N–H and O–H groups in total. The van der Waals surface area contributed by atoms with Crippen LogP contribution in [0.2, 0.25) is 0 Å². The molecule has 1 saturated heterocycles. The highest BCUT2D eigenvalue weighted by molar-refractivity contribution is 7.90. The molecule has 0 amide bonds. The fourth-order valence-corrected chi connectivity index (χ4v) is 5.11. The first-order valence-electron chi connectivity index (χ1n) is 8.76. The Morgan fingerprint density at radius 2 is 1.73 bits per heavy atom. The quantitative estimate of drug-likeness (QED) is 0.653. The van der Waals surface area contributed by atoms with Crippen LogP contribution in [0.3, 0.4) is 0 Å². The SMILES string of the molecule is C=C1CCN(C)C(c2cn(S(=O)(=O)c3ccccc3)c3ccccc23)C1. The average Bonchev–Trinajstić information content (AvgIpc) is 3.05. The van der Waals surface area contributed by atoms with Gasteiger partial charge in [-0.05, 0) is 43.7 Å². The molecule has 0 bridgehead atoms. The lowest BCUT2D eigenvalue weighted by atomic mass is 9.92. The number of hydrogen-bond donors (Lipinski definition) is 0. The van der Waals surface area contributed by atoms with Gasteiger partial charge in [-0.15, -0.1) is 0 Å². The third-order valence-electron chi connectivity index (χ3n) is 5.20. The van der Waals surface area contributed by atoms with Gasteiger partial charge in [-0.25, -0.2) is 12.4 Å². The van der Waals surface area contributed by atoms with Crippen LogP contribution in [0.25, 0.3) is 10.9 Å². The van der Waals surface area contributed by atoms with Crippen LogP contribution in [-0.4, -0.2) is 30.9 Å². The molecule has 2 aromatic carbocycles. The number of aromatic nitrogens is 1. The molecule has 1 aliphatic rings. The predicted molar refractivity (Wildman–Crippen MR) is 105 cm³/mol. The van der Waals surface area contributed by atoms with Gasteiger partial charge in [0.15, 0.2) is 0 Å².